The first kappa shape index (κ1) is 16.6. The molecule has 0 aliphatic carbocycles. The van der Waals surface area contributed by atoms with Crippen molar-refractivity contribution in [1.29, 1.82) is 0 Å². The van der Waals surface area contributed by atoms with Gasteiger partial charge in [-0.15, -0.1) is 11.8 Å². The van der Waals surface area contributed by atoms with Crippen molar-refractivity contribution in [3.8, 4) is 0 Å². The molecule has 2 atom stereocenters. The first-order valence-electron chi connectivity index (χ1n) is 7.54. The number of guanidine groups is 1. The summed E-state index contributed by atoms with van der Waals surface area (Å²) in [5, 5.41) is 7.49. The van der Waals surface area contributed by atoms with E-state index in [4.69, 9.17) is 0 Å². The summed E-state index contributed by atoms with van der Waals surface area (Å²) in [5.74, 6) is 3.42. The van der Waals surface area contributed by atoms with E-state index in [-0.39, 0.29) is 0 Å². The quantitative estimate of drug-likeness (QED) is 0.495. The van der Waals surface area contributed by atoms with Crippen molar-refractivity contribution < 1.29 is 0 Å². The van der Waals surface area contributed by atoms with E-state index in [1.54, 1.807) is 0 Å². The Morgan fingerprint density at radius 1 is 1.43 bits per heavy atom. The van der Waals surface area contributed by atoms with Crippen molar-refractivity contribution in [1.82, 2.24) is 10.6 Å². The second-order valence-electron chi connectivity index (χ2n) is 5.25. The molecule has 0 saturated carbocycles. The maximum atomic E-state index is 4.34. The molecule has 0 radical (unpaired) electrons. The smallest absolute Gasteiger partial charge is 0.191 e. The molecule has 3 nitrogen and oxygen atoms in total. The molecule has 1 aromatic carbocycles. The molecule has 1 saturated heterocycles. The average molecular weight is 324 g/mol. The Balaban J connectivity index is 1.72. The van der Waals surface area contributed by atoms with Crippen molar-refractivity contribution in [3.63, 3.8) is 0 Å². The summed E-state index contributed by atoms with van der Waals surface area (Å²) in [6.07, 6.45) is 2.56. The third-order valence-corrected chi connectivity index (χ3v) is 5.69. The summed E-state index contributed by atoms with van der Waals surface area (Å²) in [4.78, 5) is 5.66. The fourth-order valence-corrected chi connectivity index (χ4v) is 4.27. The summed E-state index contributed by atoms with van der Waals surface area (Å²) in [6, 6.07) is 11.1. The second kappa shape index (κ2) is 9.26. The molecular formula is C16H25N3S2. The zero-order valence-electron chi connectivity index (χ0n) is 12.8. The van der Waals surface area contributed by atoms with Gasteiger partial charge < -0.3 is 10.6 Å². The van der Waals surface area contributed by atoms with Gasteiger partial charge in [0.05, 0.1) is 0 Å². The van der Waals surface area contributed by atoms with E-state index in [1.165, 1.54) is 29.2 Å². The summed E-state index contributed by atoms with van der Waals surface area (Å²) < 4.78 is 0. The Morgan fingerprint density at radius 3 is 2.90 bits per heavy atom. The van der Waals surface area contributed by atoms with E-state index in [2.05, 4.69) is 52.9 Å². The van der Waals surface area contributed by atoms with E-state index in [0.717, 1.165) is 12.5 Å². The Kier molecular flexibility index (Phi) is 7.30. The first-order valence-corrected chi connectivity index (χ1v) is 9.58. The molecule has 5 heteroatoms. The number of nitrogens with zero attached hydrogens (tertiary/aromatic N) is 1. The molecule has 1 aliphatic rings. The van der Waals surface area contributed by atoms with Crippen molar-refractivity contribution >= 4 is 29.5 Å². The van der Waals surface area contributed by atoms with Crippen molar-refractivity contribution in [2.24, 2.45) is 4.99 Å². The number of hydrogen-bond acceptors (Lipinski definition) is 3. The van der Waals surface area contributed by atoms with Gasteiger partial charge in [0.25, 0.3) is 0 Å². The highest BCUT2D eigenvalue weighted by Gasteiger charge is 2.15. The Hall–Kier alpha value is -0.810. The number of rotatable bonds is 5. The van der Waals surface area contributed by atoms with Gasteiger partial charge in [-0.25, -0.2) is 0 Å². The number of nitrogens with one attached hydrogen (secondary N) is 2. The van der Waals surface area contributed by atoms with Crippen LogP contribution in [0.2, 0.25) is 0 Å². The van der Waals surface area contributed by atoms with Crippen LogP contribution in [-0.4, -0.2) is 42.3 Å². The molecule has 0 bridgehead atoms. The van der Waals surface area contributed by atoms with Gasteiger partial charge in [0, 0.05) is 35.5 Å². The molecule has 0 spiro atoms. The van der Waals surface area contributed by atoms with Crippen LogP contribution in [0.15, 0.2) is 40.2 Å². The lowest BCUT2D eigenvalue weighted by Gasteiger charge is -2.25. The van der Waals surface area contributed by atoms with Crippen LogP contribution in [0, 0.1) is 0 Å². The monoisotopic (exact) mass is 323 g/mol. The van der Waals surface area contributed by atoms with Crippen molar-refractivity contribution in [2.75, 3.05) is 25.1 Å². The molecule has 2 rings (SSSR count). The minimum absolute atomic E-state index is 0.506. The molecule has 0 amide bonds. The average Bonchev–Trinajstić information content (AvgIpc) is 2.53. The van der Waals surface area contributed by atoms with Gasteiger partial charge >= 0.3 is 0 Å². The SMILES string of the molecule is CN=C(NCC(C)Sc1ccccc1)NC1CCCSC1. The Morgan fingerprint density at radius 2 is 2.24 bits per heavy atom. The van der Waals surface area contributed by atoms with Crippen LogP contribution in [0.5, 0.6) is 0 Å². The van der Waals surface area contributed by atoms with Crippen molar-refractivity contribution in [3.05, 3.63) is 30.3 Å². The van der Waals surface area contributed by atoms with Crippen LogP contribution < -0.4 is 10.6 Å². The summed E-state index contributed by atoms with van der Waals surface area (Å²) in [5.41, 5.74) is 0. The van der Waals surface area contributed by atoms with Crippen LogP contribution in [0.3, 0.4) is 0 Å². The van der Waals surface area contributed by atoms with Gasteiger partial charge in [-0.2, -0.15) is 11.8 Å². The van der Waals surface area contributed by atoms with Gasteiger partial charge in [-0.05, 0) is 30.7 Å². The molecule has 1 fully saturated rings. The normalized spacial score (nSPS) is 20.9. The number of thioether (sulfide) groups is 2. The fourth-order valence-electron chi connectivity index (χ4n) is 2.26. The van der Waals surface area contributed by atoms with E-state index >= 15 is 0 Å². The zero-order chi connectivity index (χ0) is 14.9. The summed E-state index contributed by atoms with van der Waals surface area (Å²) in [7, 11) is 1.85. The molecule has 1 heterocycles. The Bertz CT molecular complexity index is 430. The molecule has 1 aliphatic heterocycles. The minimum atomic E-state index is 0.506. The maximum absolute atomic E-state index is 4.34. The van der Waals surface area contributed by atoms with Gasteiger partial charge in [-0.3, -0.25) is 4.99 Å². The van der Waals surface area contributed by atoms with Crippen molar-refractivity contribution in [2.45, 2.75) is 36.0 Å². The van der Waals surface area contributed by atoms with Gasteiger partial charge in [0.2, 0.25) is 0 Å². The highest BCUT2D eigenvalue weighted by atomic mass is 32.2. The maximum Gasteiger partial charge on any atom is 0.191 e. The third kappa shape index (κ3) is 6.22. The minimum Gasteiger partial charge on any atom is -0.355 e. The lowest BCUT2D eigenvalue weighted by molar-refractivity contribution is 0.582. The lowest BCUT2D eigenvalue weighted by Crippen LogP contribution is -2.46. The van der Waals surface area contributed by atoms with Crippen LogP contribution in [0.1, 0.15) is 19.8 Å². The first-order chi connectivity index (χ1) is 10.3. The molecule has 1 aromatic rings. The van der Waals surface area contributed by atoms with E-state index < -0.39 is 0 Å². The van der Waals surface area contributed by atoms with E-state index in [1.807, 2.05) is 30.6 Å². The van der Waals surface area contributed by atoms with Crippen LogP contribution in [-0.2, 0) is 0 Å². The van der Waals surface area contributed by atoms with Gasteiger partial charge in [0.1, 0.15) is 0 Å². The predicted molar refractivity (Wildman–Crippen MR) is 96.6 cm³/mol. The molecule has 116 valence electrons. The van der Waals surface area contributed by atoms with Gasteiger partial charge in [0.15, 0.2) is 5.96 Å². The number of aliphatic imine (C=N–C) groups is 1. The molecular weight excluding hydrogens is 298 g/mol. The zero-order valence-corrected chi connectivity index (χ0v) is 14.5. The largest absolute Gasteiger partial charge is 0.355 e. The third-order valence-electron chi connectivity index (χ3n) is 3.36. The van der Waals surface area contributed by atoms with E-state index in [9.17, 15) is 0 Å². The van der Waals surface area contributed by atoms with Crippen LogP contribution >= 0.6 is 23.5 Å². The molecule has 2 N–H and O–H groups in total. The molecule has 21 heavy (non-hydrogen) atoms. The molecule has 2 unspecified atom stereocenters. The highest BCUT2D eigenvalue weighted by Crippen LogP contribution is 2.22. The lowest BCUT2D eigenvalue weighted by atomic mass is 10.2. The van der Waals surface area contributed by atoms with Crippen LogP contribution in [0.25, 0.3) is 0 Å². The topological polar surface area (TPSA) is 36.4 Å². The van der Waals surface area contributed by atoms with E-state index in [0.29, 0.717) is 11.3 Å². The standard InChI is InChI=1S/C16H25N3S2/c1-13(21-15-8-4-3-5-9-15)11-18-16(17-2)19-14-7-6-10-20-12-14/h3-5,8-9,13-14H,6-7,10-12H2,1-2H3,(H2,17,18,19). The molecule has 0 aromatic heterocycles. The summed E-state index contributed by atoms with van der Waals surface area (Å²) in [6.45, 7) is 3.16. The fraction of sp³-hybridized carbons (Fsp3) is 0.562. The highest BCUT2D eigenvalue weighted by molar-refractivity contribution is 8.00. The number of hydrogen-bond donors (Lipinski definition) is 2. The van der Waals surface area contributed by atoms with Crippen LogP contribution in [0.4, 0.5) is 0 Å². The second-order valence-corrected chi connectivity index (χ2v) is 7.91. The Labute approximate surface area is 136 Å². The summed E-state index contributed by atoms with van der Waals surface area (Å²) >= 11 is 3.92. The predicted octanol–water partition coefficient (Wildman–Crippen LogP) is 3.23. The number of benzene rings is 1. The van der Waals surface area contributed by atoms with Gasteiger partial charge in [-0.1, -0.05) is 25.1 Å².